The third kappa shape index (κ3) is 2.92. The van der Waals surface area contributed by atoms with Crippen LogP contribution in [0.25, 0.3) is 0 Å². The number of aliphatic hydroxyl groups is 3. The average molecular weight is 204 g/mol. The van der Waals surface area contributed by atoms with Crippen LogP contribution in [-0.4, -0.2) is 46.3 Å². The molecule has 1 aliphatic heterocycles. The Kier molecular flexibility index (Phi) is 3.53. The largest absolute Gasteiger partial charge is 0.388 e. The van der Waals surface area contributed by atoms with Crippen molar-refractivity contribution in [1.82, 2.24) is 0 Å². The highest BCUT2D eigenvalue weighted by molar-refractivity contribution is 4.88. The van der Waals surface area contributed by atoms with Crippen molar-refractivity contribution in [2.45, 2.75) is 51.6 Å². The van der Waals surface area contributed by atoms with Crippen molar-refractivity contribution in [3.05, 3.63) is 0 Å². The standard InChI is InChI=1S/C10H20O4/c1-10(2,3)4-7-9(13)8(12)6(11)5-14-7/h6-9,11-13H,4-5H2,1-3H3/t6-,7+,8+,9-/m0/s1. The van der Waals surface area contributed by atoms with E-state index in [9.17, 15) is 15.3 Å². The maximum atomic E-state index is 9.64. The summed E-state index contributed by atoms with van der Waals surface area (Å²) in [4.78, 5) is 0. The molecule has 0 aliphatic carbocycles. The lowest BCUT2D eigenvalue weighted by atomic mass is 9.85. The van der Waals surface area contributed by atoms with Gasteiger partial charge in [0.1, 0.15) is 18.3 Å². The maximum Gasteiger partial charge on any atom is 0.111 e. The van der Waals surface area contributed by atoms with Gasteiger partial charge in [-0.05, 0) is 11.8 Å². The van der Waals surface area contributed by atoms with Gasteiger partial charge in [-0.25, -0.2) is 0 Å². The second-order valence-corrected chi connectivity index (χ2v) is 5.19. The minimum Gasteiger partial charge on any atom is -0.388 e. The van der Waals surface area contributed by atoms with Crippen LogP contribution in [0.4, 0.5) is 0 Å². The molecule has 0 bridgehead atoms. The van der Waals surface area contributed by atoms with Gasteiger partial charge in [-0.1, -0.05) is 20.8 Å². The summed E-state index contributed by atoms with van der Waals surface area (Å²) in [5, 5.41) is 28.3. The highest BCUT2D eigenvalue weighted by atomic mass is 16.5. The highest BCUT2D eigenvalue weighted by Gasteiger charge is 2.38. The Labute approximate surface area is 84.5 Å². The number of rotatable bonds is 1. The molecule has 0 spiro atoms. The van der Waals surface area contributed by atoms with Crippen LogP contribution in [0.15, 0.2) is 0 Å². The van der Waals surface area contributed by atoms with Gasteiger partial charge in [0.25, 0.3) is 0 Å². The molecule has 0 amide bonds. The molecule has 0 aromatic carbocycles. The van der Waals surface area contributed by atoms with Crippen molar-refractivity contribution in [1.29, 1.82) is 0 Å². The molecule has 0 saturated carbocycles. The Morgan fingerprint density at radius 1 is 1.14 bits per heavy atom. The molecule has 14 heavy (non-hydrogen) atoms. The van der Waals surface area contributed by atoms with Crippen molar-refractivity contribution in [3.63, 3.8) is 0 Å². The first-order valence-corrected chi connectivity index (χ1v) is 4.97. The van der Waals surface area contributed by atoms with Crippen LogP contribution in [0.3, 0.4) is 0 Å². The van der Waals surface area contributed by atoms with Crippen molar-refractivity contribution >= 4 is 0 Å². The van der Waals surface area contributed by atoms with Crippen molar-refractivity contribution in [2.75, 3.05) is 6.61 Å². The maximum absolute atomic E-state index is 9.64. The van der Waals surface area contributed by atoms with Crippen LogP contribution in [0.1, 0.15) is 27.2 Å². The number of aliphatic hydroxyl groups excluding tert-OH is 3. The number of ether oxygens (including phenoxy) is 1. The van der Waals surface area contributed by atoms with Crippen LogP contribution in [0.2, 0.25) is 0 Å². The molecule has 0 aromatic rings. The van der Waals surface area contributed by atoms with Crippen molar-refractivity contribution in [2.24, 2.45) is 5.41 Å². The Balaban J connectivity index is 2.55. The fraction of sp³-hybridized carbons (Fsp3) is 1.00. The molecule has 1 rings (SSSR count). The smallest absolute Gasteiger partial charge is 0.111 e. The predicted octanol–water partition coefficient (Wildman–Crippen LogP) is -0.0959. The van der Waals surface area contributed by atoms with Gasteiger partial charge in [-0.2, -0.15) is 0 Å². The molecule has 1 fully saturated rings. The first-order valence-electron chi connectivity index (χ1n) is 4.97. The summed E-state index contributed by atoms with van der Waals surface area (Å²) in [6.07, 6.45) is -2.76. The molecule has 3 N–H and O–H groups in total. The van der Waals surface area contributed by atoms with E-state index in [0.717, 1.165) is 0 Å². The normalized spacial score (nSPS) is 39.9. The van der Waals surface area contributed by atoms with E-state index in [0.29, 0.717) is 6.42 Å². The summed E-state index contributed by atoms with van der Waals surface area (Å²) in [5.74, 6) is 0. The van der Waals surface area contributed by atoms with Gasteiger partial charge >= 0.3 is 0 Å². The third-order valence-corrected chi connectivity index (χ3v) is 2.42. The summed E-state index contributed by atoms with van der Waals surface area (Å²) in [7, 11) is 0. The van der Waals surface area contributed by atoms with E-state index in [1.165, 1.54) is 0 Å². The number of hydrogen-bond donors (Lipinski definition) is 3. The van der Waals surface area contributed by atoms with Gasteiger partial charge in [-0.15, -0.1) is 0 Å². The van der Waals surface area contributed by atoms with Crippen molar-refractivity contribution in [3.8, 4) is 0 Å². The zero-order chi connectivity index (χ0) is 10.9. The summed E-state index contributed by atoms with van der Waals surface area (Å²) in [6, 6.07) is 0. The van der Waals surface area contributed by atoms with E-state index < -0.39 is 18.3 Å². The van der Waals surface area contributed by atoms with Crippen LogP contribution in [0, 0.1) is 5.41 Å². The van der Waals surface area contributed by atoms with Gasteiger partial charge in [0.15, 0.2) is 0 Å². The van der Waals surface area contributed by atoms with E-state index in [2.05, 4.69) is 0 Å². The number of hydrogen-bond acceptors (Lipinski definition) is 4. The summed E-state index contributed by atoms with van der Waals surface area (Å²) in [5.41, 5.74) is 0.0354. The summed E-state index contributed by atoms with van der Waals surface area (Å²) >= 11 is 0. The van der Waals surface area contributed by atoms with E-state index in [4.69, 9.17) is 4.74 Å². The summed E-state index contributed by atoms with van der Waals surface area (Å²) in [6.45, 7) is 6.22. The molecule has 84 valence electrons. The second kappa shape index (κ2) is 4.14. The lowest BCUT2D eigenvalue weighted by Crippen LogP contribution is -2.53. The van der Waals surface area contributed by atoms with Gasteiger partial charge in [-0.3, -0.25) is 0 Å². The quantitative estimate of drug-likeness (QED) is 0.558. The second-order valence-electron chi connectivity index (χ2n) is 5.19. The van der Waals surface area contributed by atoms with Crippen LogP contribution in [-0.2, 0) is 4.74 Å². The molecule has 1 heterocycles. The highest BCUT2D eigenvalue weighted by Crippen LogP contribution is 2.27. The predicted molar refractivity (Wildman–Crippen MR) is 51.8 cm³/mol. The first-order chi connectivity index (χ1) is 6.31. The van der Waals surface area contributed by atoms with Gasteiger partial charge in [0, 0.05) is 0 Å². The zero-order valence-electron chi connectivity index (χ0n) is 8.97. The Morgan fingerprint density at radius 3 is 2.21 bits per heavy atom. The molecule has 1 aliphatic rings. The van der Waals surface area contributed by atoms with Crippen LogP contribution < -0.4 is 0 Å². The van der Waals surface area contributed by atoms with Crippen LogP contribution >= 0.6 is 0 Å². The minimum atomic E-state index is -1.09. The fourth-order valence-corrected chi connectivity index (χ4v) is 1.65. The third-order valence-electron chi connectivity index (χ3n) is 2.42. The van der Waals surface area contributed by atoms with E-state index in [1.54, 1.807) is 0 Å². The molecule has 0 radical (unpaired) electrons. The summed E-state index contributed by atoms with van der Waals surface area (Å²) < 4.78 is 5.29. The molecule has 1 saturated heterocycles. The van der Waals surface area contributed by atoms with E-state index >= 15 is 0 Å². The Hall–Kier alpha value is -0.160. The molecular formula is C10H20O4. The lowest BCUT2D eigenvalue weighted by Gasteiger charge is -2.38. The first kappa shape index (κ1) is 11.9. The SMILES string of the molecule is CC(C)(C)C[C@H]1OC[C@H](O)[C@@H](O)[C@H]1O. The van der Waals surface area contributed by atoms with E-state index in [1.807, 2.05) is 20.8 Å². The molecule has 4 atom stereocenters. The fourth-order valence-electron chi connectivity index (χ4n) is 1.65. The minimum absolute atomic E-state index is 0.0354. The van der Waals surface area contributed by atoms with Gasteiger partial charge in [0.05, 0.1) is 12.7 Å². The molecule has 4 nitrogen and oxygen atoms in total. The Bertz CT molecular complexity index is 187. The molecular weight excluding hydrogens is 184 g/mol. The lowest BCUT2D eigenvalue weighted by molar-refractivity contribution is -0.193. The monoisotopic (exact) mass is 204 g/mol. The Morgan fingerprint density at radius 2 is 1.71 bits per heavy atom. The molecule has 4 heteroatoms. The zero-order valence-corrected chi connectivity index (χ0v) is 8.97. The van der Waals surface area contributed by atoms with Gasteiger partial charge < -0.3 is 20.1 Å². The van der Waals surface area contributed by atoms with Crippen molar-refractivity contribution < 1.29 is 20.1 Å². The molecule has 0 unspecified atom stereocenters. The average Bonchev–Trinajstić information content (AvgIpc) is 2.04. The molecule has 0 aromatic heterocycles. The van der Waals surface area contributed by atoms with E-state index in [-0.39, 0.29) is 18.1 Å². The van der Waals surface area contributed by atoms with Gasteiger partial charge in [0.2, 0.25) is 0 Å². The topological polar surface area (TPSA) is 69.9 Å². The van der Waals surface area contributed by atoms with Crippen LogP contribution in [0.5, 0.6) is 0 Å².